The van der Waals surface area contributed by atoms with Crippen LogP contribution in [-0.2, 0) is 11.0 Å². The van der Waals surface area contributed by atoms with E-state index in [0.29, 0.717) is 11.3 Å². The van der Waals surface area contributed by atoms with Crippen LogP contribution in [0.3, 0.4) is 0 Å². The number of hydrogen-bond donors (Lipinski definition) is 0. The lowest BCUT2D eigenvalue weighted by Gasteiger charge is -2.39. The van der Waals surface area contributed by atoms with Gasteiger partial charge in [-0.05, 0) is 13.0 Å². The maximum Gasteiger partial charge on any atom is 0.435 e. The number of aromatic nitrogens is 1. The zero-order valence-electron chi connectivity index (χ0n) is 13.1. The van der Waals surface area contributed by atoms with Crippen LogP contribution in [0.2, 0.25) is 0 Å². The van der Waals surface area contributed by atoms with E-state index in [0.717, 1.165) is 0 Å². The normalized spacial score (nSPS) is 18.5. The molecule has 1 saturated heterocycles. The summed E-state index contributed by atoms with van der Waals surface area (Å²) in [5, 5.41) is -0.223. The van der Waals surface area contributed by atoms with Crippen LogP contribution in [0.15, 0.2) is 12.7 Å². The Morgan fingerprint density at radius 2 is 2.08 bits per heavy atom. The molecule has 1 aliphatic heterocycles. The molecule has 0 saturated carbocycles. The Hall–Kier alpha value is -2.10. The summed E-state index contributed by atoms with van der Waals surface area (Å²) in [4.78, 5) is 29.8. The molecule has 6 nitrogen and oxygen atoms in total. The lowest BCUT2D eigenvalue weighted by atomic mass is 10.1. The largest absolute Gasteiger partial charge is 0.473 e. The average molecular weight is 363 g/mol. The minimum atomic E-state index is -4.75. The quantitative estimate of drug-likeness (QED) is 0.771. The number of halogens is 3. The topological polar surface area (TPSA) is 62.7 Å². The third-order valence-corrected chi connectivity index (χ3v) is 4.62. The van der Waals surface area contributed by atoms with Crippen molar-refractivity contribution in [1.29, 1.82) is 0 Å². The van der Waals surface area contributed by atoms with E-state index in [1.807, 2.05) is 0 Å². The average Bonchev–Trinajstić information content (AvgIpc) is 2.98. The lowest BCUT2D eigenvalue weighted by molar-refractivity contribution is -0.141. The summed E-state index contributed by atoms with van der Waals surface area (Å²) in [5.74, 6) is -1.04. The van der Waals surface area contributed by atoms with E-state index in [-0.39, 0.29) is 36.8 Å². The number of amides is 2. The second-order valence-electron chi connectivity index (χ2n) is 5.20. The highest BCUT2D eigenvalue weighted by Crippen LogP contribution is 2.37. The van der Waals surface area contributed by atoms with Crippen LogP contribution in [0.25, 0.3) is 0 Å². The predicted molar refractivity (Wildman–Crippen MR) is 80.9 cm³/mol. The zero-order chi connectivity index (χ0) is 18.1. The summed E-state index contributed by atoms with van der Waals surface area (Å²) in [5.41, 5.74) is -1.24. The fourth-order valence-corrected chi connectivity index (χ4v) is 3.32. The molecular formula is C14H16F3N3O3S. The summed E-state index contributed by atoms with van der Waals surface area (Å²) in [7, 11) is 1.19. The van der Waals surface area contributed by atoms with Gasteiger partial charge in [-0.3, -0.25) is 9.59 Å². The Bertz CT molecular complexity index is 659. The first-order chi connectivity index (χ1) is 11.2. The van der Waals surface area contributed by atoms with Crippen molar-refractivity contribution in [3.8, 4) is 5.19 Å². The Morgan fingerprint density at radius 3 is 2.58 bits per heavy atom. The number of alkyl halides is 3. The summed E-state index contributed by atoms with van der Waals surface area (Å²) < 4.78 is 43.9. The number of carbonyl (C=O) groups is 2. The van der Waals surface area contributed by atoms with Crippen molar-refractivity contribution in [2.24, 2.45) is 0 Å². The van der Waals surface area contributed by atoms with E-state index >= 15 is 0 Å². The lowest BCUT2D eigenvalue weighted by Crippen LogP contribution is -2.55. The molecule has 1 fully saturated rings. The molecule has 1 aliphatic rings. The highest BCUT2D eigenvalue weighted by Gasteiger charge is 2.41. The molecule has 2 rings (SSSR count). The van der Waals surface area contributed by atoms with Crippen molar-refractivity contribution >= 4 is 23.2 Å². The number of methoxy groups -OCH3 is 1. The van der Waals surface area contributed by atoms with Gasteiger partial charge in [-0.1, -0.05) is 17.9 Å². The molecule has 0 bridgehead atoms. The highest BCUT2D eigenvalue weighted by atomic mass is 32.1. The van der Waals surface area contributed by atoms with E-state index in [4.69, 9.17) is 4.74 Å². The number of thiazole rings is 1. The van der Waals surface area contributed by atoms with Crippen molar-refractivity contribution in [2.45, 2.75) is 19.1 Å². The maximum atomic E-state index is 13.1. The molecular weight excluding hydrogens is 347 g/mol. The maximum absolute atomic E-state index is 13.1. The van der Waals surface area contributed by atoms with Gasteiger partial charge >= 0.3 is 6.18 Å². The molecule has 0 radical (unpaired) electrons. The van der Waals surface area contributed by atoms with Crippen LogP contribution >= 0.6 is 11.3 Å². The van der Waals surface area contributed by atoms with Gasteiger partial charge in [-0.25, -0.2) is 0 Å². The Morgan fingerprint density at radius 1 is 1.42 bits per heavy atom. The number of rotatable bonds is 3. The molecule has 0 spiro atoms. The van der Waals surface area contributed by atoms with Crippen molar-refractivity contribution in [1.82, 2.24) is 14.8 Å². The first-order valence-electron chi connectivity index (χ1n) is 7.03. The van der Waals surface area contributed by atoms with Crippen LogP contribution in [0.4, 0.5) is 13.2 Å². The summed E-state index contributed by atoms with van der Waals surface area (Å²) in [6.45, 7) is 5.63. The van der Waals surface area contributed by atoms with E-state index in [1.54, 1.807) is 6.92 Å². The number of piperazine rings is 1. The molecule has 10 heteroatoms. The summed E-state index contributed by atoms with van der Waals surface area (Å²) in [6.07, 6.45) is -3.58. The van der Waals surface area contributed by atoms with Crippen LogP contribution in [-0.4, -0.2) is 59.4 Å². The molecule has 1 atom stereocenters. The molecule has 24 heavy (non-hydrogen) atoms. The number of hydrogen-bond acceptors (Lipinski definition) is 5. The third kappa shape index (κ3) is 3.53. The van der Waals surface area contributed by atoms with Crippen molar-refractivity contribution < 1.29 is 27.5 Å². The zero-order valence-corrected chi connectivity index (χ0v) is 13.9. The van der Waals surface area contributed by atoms with Gasteiger partial charge in [0.1, 0.15) is 4.88 Å². The Balaban J connectivity index is 2.23. The smallest absolute Gasteiger partial charge is 0.435 e. The molecule has 1 aromatic rings. The van der Waals surface area contributed by atoms with Crippen LogP contribution in [0.5, 0.6) is 5.19 Å². The molecule has 132 valence electrons. The Labute approximate surface area is 140 Å². The molecule has 0 unspecified atom stereocenters. The van der Waals surface area contributed by atoms with Crippen molar-refractivity contribution in [3.63, 3.8) is 0 Å². The van der Waals surface area contributed by atoms with E-state index < -0.39 is 22.7 Å². The van der Waals surface area contributed by atoms with Gasteiger partial charge in [0.25, 0.3) is 11.1 Å². The van der Waals surface area contributed by atoms with Gasteiger partial charge in [-0.15, -0.1) is 0 Å². The highest BCUT2D eigenvalue weighted by molar-refractivity contribution is 7.15. The monoisotopic (exact) mass is 363 g/mol. The molecule has 0 N–H and O–H groups in total. The minimum Gasteiger partial charge on any atom is -0.473 e. The second kappa shape index (κ2) is 6.80. The first kappa shape index (κ1) is 18.2. The van der Waals surface area contributed by atoms with E-state index in [1.165, 1.54) is 23.0 Å². The fraction of sp³-hybridized carbons (Fsp3) is 0.500. The number of carbonyl (C=O) groups excluding carboxylic acids is 2. The fourth-order valence-electron chi connectivity index (χ4n) is 2.46. The second-order valence-corrected chi connectivity index (χ2v) is 6.16. The van der Waals surface area contributed by atoms with Gasteiger partial charge in [-0.2, -0.15) is 18.2 Å². The van der Waals surface area contributed by atoms with E-state index in [2.05, 4.69) is 11.6 Å². The third-order valence-electron chi connectivity index (χ3n) is 3.62. The SMILES string of the molecule is C=CC(=O)N1CCN(C(=O)c2sc(OC)nc2C(F)(F)F)C[C@H]1C. The first-order valence-corrected chi connectivity index (χ1v) is 7.85. The predicted octanol–water partition coefficient (Wildman–Crippen LogP) is 2.03. The molecule has 1 aromatic heterocycles. The van der Waals surface area contributed by atoms with Gasteiger partial charge in [0.15, 0.2) is 5.69 Å². The van der Waals surface area contributed by atoms with Gasteiger partial charge in [0.05, 0.1) is 7.11 Å². The summed E-state index contributed by atoms with van der Waals surface area (Å²) >= 11 is 0.560. The molecule has 2 heterocycles. The van der Waals surface area contributed by atoms with Crippen molar-refractivity contribution in [3.05, 3.63) is 23.2 Å². The Kier molecular flexibility index (Phi) is 5.16. The number of ether oxygens (including phenoxy) is 1. The molecule has 2 amide bonds. The van der Waals surface area contributed by atoms with Crippen molar-refractivity contribution in [2.75, 3.05) is 26.7 Å². The van der Waals surface area contributed by atoms with Gasteiger partial charge in [0, 0.05) is 25.7 Å². The van der Waals surface area contributed by atoms with Gasteiger partial charge < -0.3 is 14.5 Å². The van der Waals surface area contributed by atoms with E-state index in [9.17, 15) is 22.8 Å². The van der Waals surface area contributed by atoms with Gasteiger partial charge in [0.2, 0.25) is 5.91 Å². The molecule has 0 aromatic carbocycles. The standard InChI is InChI=1S/C14H16F3N3O3S/c1-4-9(21)20-6-5-19(7-8(20)2)12(22)10-11(14(15,16)17)18-13(23-3)24-10/h4,8H,1,5-7H2,2-3H3/t8-/m1/s1. The van der Waals surface area contributed by atoms with Crippen LogP contribution < -0.4 is 4.74 Å². The minimum absolute atomic E-state index is 0.135. The summed E-state index contributed by atoms with van der Waals surface area (Å²) in [6, 6.07) is -0.322. The molecule has 0 aliphatic carbocycles. The van der Waals surface area contributed by atoms with Crippen LogP contribution in [0.1, 0.15) is 22.3 Å². The number of nitrogens with zero attached hydrogens (tertiary/aromatic N) is 3. The van der Waals surface area contributed by atoms with Crippen LogP contribution in [0, 0.1) is 0 Å².